The molecule has 0 saturated heterocycles. The Bertz CT molecular complexity index is 361. The third-order valence-corrected chi connectivity index (χ3v) is 4.60. The lowest BCUT2D eigenvalue weighted by molar-refractivity contribution is -0.144. The van der Waals surface area contributed by atoms with Gasteiger partial charge in [-0.25, -0.2) is 0 Å². The van der Waals surface area contributed by atoms with Crippen molar-refractivity contribution >= 4 is 5.97 Å². The van der Waals surface area contributed by atoms with Crippen molar-refractivity contribution in [3.05, 3.63) is 12.4 Å². The molecule has 1 aliphatic heterocycles. The Morgan fingerprint density at radius 2 is 1.48 bits per heavy atom. The number of rotatable bonds is 16. The van der Waals surface area contributed by atoms with E-state index in [1.165, 1.54) is 51.4 Å². The average molecular weight is 355 g/mol. The maximum Gasteiger partial charge on any atom is 0.307 e. The highest BCUT2D eigenvalue weighted by atomic mass is 16.5. The van der Waals surface area contributed by atoms with Gasteiger partial charge in [-0.05, 0) is 6.42 Å². The molecule has 0 saturated carbocycles. The van der Waals surface area contributed by atoms with Gasteiger partial charge in [0.2, 0.25) is 0 Å². The van der Waals surface area contributed by atoms with Crippen molar-refractivity contribution in [1.29, 1.82) is 0 Å². The Kier molecular flexibility index (Phi) is 13.1. The minimum Gasteiger partial charge on any atom is -0.466 e. The van der Waals surface area contributed by atoms with E-state index in [1.54, 1.807) is 0 Å². The van der Waals surface area contributed by atoms with Gasteiger partial charge in [0.1, 0.15) is 0 Å². The molecule has 0 spiro atoms. The molecule has 0 aliphatic carbocycles. The first kappa shape index (κ1) is 21.8. The van der Waals surface area contributed by atoms with Gasteiger partial charge in [-0.15, -0.1) is 0 Å². The number of ether oxygens (including phenoxy) is 1. The van der Waals surface area contributed by atoms with Crippen molar-refractivity contribution in [2.24, 2.45) is 0 Å². The van der Waals surface area contributed by atoms with Crippen molar-refractivity contribution < 1.29 is 14.6 Å². The molecule has 25 heavy (non-hydrogen) atoms. The molecular weight excluding hydrogens is 316 g/mol. The zero-order valence-electron chi connectivity index (χ0n) is 16.1. The number of hydrogen-bond acceptors (Lipinski definition) is 5. The molecule has 0 fully saturated rings. The van der Waals surface area contributed by atoms with Crippen LogP contribution in [0.4, 0.5) is 0 Å². The standard InChI is InChI=1S/C20H38N2O3/c1-2-3-4-5-6-7-8-9-10-11-18-25-20(24)12-13-21-14-15-22(19-21)16-17-23/h14-15,23H,2-13,16-19H2,1H3. The summed E-state index contributed by atoms with van der Waals surface area (Å²) in [6.45, 7) is 5.02. The Balaban J connectivity index is 1.84. The molecule has 5 nitrogen and oxygen atoms in total. The number of aliphatic hydroxyl groups excluding tert-OH is 1. The van der Waals surface area contributed by atoms with Crippen molar-refractivity contribution in [3.63, 3.8) is 0 Å². The number of unbranched alkanes of at least 4 members (excludes halogenated alkanes) is 9. The van der Waals surface area contributed by atoms with E-state index in [4.69, 9.17) is 9.84 Å². The van der Waals surface area contributed by atoms with Crippen LogP contribution in [-0.4, -0.2) is 53.8 Å². The molecule has 0 unspecified atom stereocenters. The summed E-state index contributed by atoms with van der Waals surface area (Å²) in [5.74, 6) is -0.107. The summed E-state index contributed by atoms with van der Waals surface area (Å²) < 4.78 is 5.30. The van der Waals surface area contributed by atoms with E-state index < -0.39 is 0 Å². The SMILES string of the molecule is CCCCCCCCCCCCOC(=O)CCN1C=CN(CCO)C1. The minimum atomic E-state index is -0.107. The highest BCUT2D eigenvalue weighted by molar-refractivity contribution is 5.69. The monoisotopic (exact) mass is 354 g/mol. The molecule has 0 radical (unpaired) electrons. The molecule has 0 aromatic rings. The van der Waals surface area contributed by atoms with Crippen molar-refractivity contribution in [2.45, 2.75) is 77.6 Å². The zero-order chi connectivity index (χ0) is 18.2. The highest BCUT2D eigenvalue weighted by Crippen LogP contribution is 2.11. The Labute approximate surface area is 154 Å². The summed E-state index contributed by atoms with van der Waals surface area (Å²) >= 11 is 0. The molecule has 1 heterocycles. The van der Waals surface area contributed by atoms with Gasteiger partial charge in [-0.2, -0.15) is 0 Å². The van der Waals surface area contributed by atoms with E-state index in [1.807, 2.05) is 17.3 Å². The second kappa shape index (κ2) is 15.1. The van der Waals surface area contributed by atoms with E-state index in [9.17, 15) is 4.79 Å². The Hall–Kier alpha value is -1.23. The lowest BCUT2D eigenvalue weighted by atomic mass is 10.1. The second-order valence-corrected chi connectivity index (χ2v) is 6.94. The fourth-order valence-electron chi connectivity index (χ4n) is 3.02. The lowest BCUT2D eigenvalue weighted by Crippen LogP contribution is -2.29. The van der Waals surface area contributed by atoms with Crippen LogP contribution < -0.4 is 0 Å². The van der Waals surface area contributed by atoms with Crippen LogP contribution in [0, 0.1) is 0 Å². The largest absolute Gasteiger partial charge is 0.466 e. The third-order valence-electron chi connectivity index (χ3n) is 4.60. The average Bonchev–Trinajstić information content (AvgIpc) is 3.06. The van der Waals surface area contributed by atoms with Crippen molar-refractivity contribution in [1.82, 2.24) is 9.80 Å². The molecule has 1 aliphatic rings. The van der Waals surface area contributed by atoms with Crippen LogP contribution >= 0.6 is 0 Å². The molecule has 0 amide bonds. The summed E-state index contributed by atoms with van der Waals surface area (Å²) in [6.07, 6.45) is 17.2. The molecule has 0 atom stereocenters. The number of hydrogen-bond donors (Lipinski definition) is 1. The van der Waals surface area contributed by atoms with Gasteiger partial charge in [0, 0.05) is 25.5 Å². The summed E-state index contributed by atoms with van der Waals surface area (Å²) in [6, 6.07) is 0. The van der Waals surface area contributed by atoms with Gasteiger partial charge in [-0.1, -0.05) is 64.7 Å². The van der Waals surface area contributed by atoms with Crippen LogP contribution in [0.5, 0.6) is 0 Å². The molecule has 5 heteroatoms. The van der Waals surface area contributed by atoms with Crippen LogP contribution in [0.15, 0.2) is 12.4 Å². The Morgan fingerprint density at radius 3 is 2.08 bits per heavy atom. The van der Waals surface area contributed by atoms with Crippen LogP contribution in [0.3, 0.4) is 0 Å². The fraction of sp³-hybridized carbons (Fsp3) is 0.850. The third kappa shape index (κ3) is 11.9. The normalized spacial score (nSPS) is 13.7. The van der Waals surface area contributed by atoms with Crippen molar-refractivity contribution in [3.8, 4) is 0 Å². The van der Waals surface area contributed by atoms with Gasteiger partial charge < -0.3 is 19.6 Å². The number of nitrogens with zero attached hydrogens (tertiary/aromatic N) is 2. The smallest absolute Gasteiger partial charge is 0.307 e. The maximum absolute atomic E-state index is 11.7. The first-order valence-corrected chi connectivity index (χ1v) is 10.2. The van der Waals surface area contributed by atoms with E-state index >= 15 is 0 Å². The van der Waals surface area contributed by atoms with Crippen LogP contribution in [0.2, 0.25) is 0 Å². The maximum atomic E-state index is 11.7. The minimum absolute atomic E-state index is 0.107. The van der Waals surface area contributed by atoms with E-state index in [-0.39, 0.29) is 12.6 Å². The quantitative estimate of drug-likeness (QED) is 0.337. The molecule has 1 rings (SSSR count). The Morgan fingerprint density at radius 1 is 0.920 bits per heavy atom. The number of β-amino-alcohol motifs (C(OH)–C–C–N with tert-alkyl or cyclic N) is 1. The predicted molar refractivity (Wildman–Crippen MR) is 102 cm³/mol. The summed E-state index contributed by atoms with van der Waals surface area (Å²) in [5.41, 5.74) is 0. The topological polar surface area (TPSA) is 53.0 Å². The van der Waals surface area contributed by atoms with Crippen LogP contribution in [0.25, 0.3) is 0 Å². The van der Waals surface area contributed by atoms with Gasteiger partial charge in [-0.3, -0.25) is 4.79 Å². The second-order valence-electron chi connectivity index (χ2n) is 6.94. The van der Waals surface area contributed by atoms with Gasteiger partial charge in [0.25, 0.3) is 0 Å². The molecule has 1 N–H and O–H groups in total. The van der Waals surface area contributed by atoms with Crippen LogP contribution in [-0.2, 0) is 9.53 Å². The predicted octanol–water partition coefficient (Wildman–Crippen LogP) is 3.88. The molecule has 0 bridgehead atoms. The highest BCUT2D eigenvalue weighted by Gasteiger charge is 2.13. The van der Waals surface area contributed by atoms with Gasteiger partial charge >= 0.3 is 5.97 Å². The number of carbonyl (C=O) groups excluding carboxylic acids is 1. The number of aliphatic hydroxyl groups is 1. The van der Waals surface area contributed by atoms with E-state index in [0.717, 1.165) is 19.5 Å². The molecule has 146 valence electrons. The first-order valence-electron chi connectivity index (χ1n) is 10.2. The van der Waals surface area contributed by atoms with E-state index in [0.29, 0.717) is 26.1 Å². The van der Waals surface area contributed by atoms with Gasteiger partial charge in [0.15, 0.2) is 0 Å². The summed E-state index contributed by atoms with van der Waals surface area (Å²) in [5, 5.41) is 8.90. The molecule has 0 aromatic carbocycles. The van der Waals surface area contributed by atoms with Crippen LogP contribution in [0.1, 0.15) is 77.6 Å². The first-order chi connectivity index (χ1) is 12.3. The fourth-order valence-corrected chi connectivity index (χ4v) is 3.02. The van der Waals surface area contributed by atoms with E-state index in [2.05, 4.69) is 11.8 Å². The number of esters is 1. The molecule has 0 aromatic heterocycles. The van der Waals surface area contributed by atoms with Crippen molar-refractivity contribution in [2.75, 3.05) is 33.0 Å². The van der Waals surface area contributed by atoms with Gasteiger partial charge in [0.05, 0.1) is 26.3 Å². The summed E-state index contributed by atoms with van der Waals surface area (Å²) in [4.78, 5) is 15.8. The summed E-state index contributed by atoms with van der Waals surface area (Å²) in [7, 11) is 0. The number of carbonyl (C=O) groups is 1. The lowest BCUT2D eigenvalue weighted by Gasteiger charge is -2.20. The zero-order valence-corrected chi connectivity index (χ0v) is 16.1. The molecular formula is C20H38N2O3.